The molecule has 1 fully saturated rings. The summed E-state index contributed by atoms with van der Waals surface area (Å²) in [5.41, 5.74) is 0. The summed E-state index contributed by atoms with van der Waals surface area (Å²) in [6.45, 7) is 0.736. The first-order valence-corrected chi connectivity index (χ1v) is 3.53. The first kappa shape index (κ1) is 7.88. The van der Waals surface area contributed by atoms with Gasteiger partial charge < -0.3 is 10.6 Å². The van der Waals surface area contributed by atoms with Gasteiger partial charge in [-0.1, -0.05) is 0 Å². The third-order valence-corrected chi connectivity index (χ3v) is 1.93. The van der Waals surface area contributed by atoms with Gasteiger partial charge in [0.1, 0.15) is 6.54 Å². The van der Waals surface area contributed by atoms with Crippen molar-refractivity contribution in [2.75, 3.05) is 20.1 Å². The molecule has 1 heterocycles. The zero-order chi connectivity index (χ0) is 7.61. The Labute approximate surface area is 59.0 Å². The van der Waals surface area contributed by atoms with Crippen molar-refractivity contribution in [3.05, 3.63) is 0 Å². The van der Waals surface area contributed by atoms with Crippen LogP contribution in [0.25, 0.3) is 0 Å². The molecule has 1 atom stereocenters. The van der Waals surface area contributed by atoms with Crippen LogP contribution < -0.4 is 10.6 Å². The topological polar surface area (TPSA) is 28.6 Å². The Hall–Kier alpha value is -0.220. The van der Waals surface area contributed by atoms with Crippen LogP contribution in [0.15, 0.2) is 0 Å². The molecule has 1 saturated heterocycles. The van der Waals surface area contributed by atoms with Crippen molar-refractivity contribution in [3.8, 4) is 0 Å². The van der Waals surface area contributed by atoms with E-state index >= 15 is 0 Å². The maximum absolute atomic E-state index is 12.8. The van der Waals surface area contributed by atoms with E-state index in [0.29, 0.717) is 6.42 Å². The van der Waals surface area contributed by atoms with Gasteiger partial charge in [-0.2, -0.15) is 8.78 Å². The molecule has 0 aliphatic carbocycles. The second-order valence-corrected chi connectivity index (χ2v) is 2.67. The summed E-state index contributed by atoms with van der Waals surface area (Å²) < 4.78 is 25.6. The summed E-state index contributed by atoms with van der Waals surface area (Å²) in [4.78, 5) is 0. The number of piperidine rings is 1. The minimum Gasteiger partial charge on any atom is -0.341 e. The van der Waals surface area contributed by atoms with E-state index in [0.717, 1.165) is 6.54 Å². The summed E-state index contributed by atoms with van der Waals surface area (Å²) in [5, 5.41) is 4.28. The van der Waals surface area contributed by atoms with Gasteiger partial charge >= 0.3 is 5.92 Å². The Morgan fingerprint density at radius 2 is 2.30 bits per heavy atom. The summed E-state index contributed by atoms with van der Waals surface area (Å²) >= 11 is 0. The van der Waals surface area contributed by atoms with E-state index in [2.05, 4.69) is 5.32 Å². The Kier molecular flexibility index (Phi) is 2.21. The lowest BCUT2D eigenvalue weighted by molar-refractivity contribution is -0.681. The van der Waals surface area contributed by atoms with Crippen LogP contribution in [0.3, 0.4) is 0 Å². The number of hydrogen-bond donors (Lipinski definition) is 2. The number of nitrogens with two attached hydrogens (primary N) is 1. The molecule has 2 nitrogen and oxygen atoms in total. The Balaban J connectivity index is 2.51. The van der Waals surface area contributed by atoms with Crippen molar-refractivity contribution in [1.82, 2.24) is 5.32 Å². The smallest absolute Gasteiger partial charge is 0.310 e. The van der Waals surface area contributed by atoms with Crippen molar-refractivity contribution in [1.29, 1.82) is 0 Å². The van der Waals surface area contributed by atoms with Crippen LogP contribution in [0, 0.1) is 0 Å². The number of halogens is 2. The molecule has 0 amide bonds. The predicted molar refractivity (Wildman–Crippen MR) is 34.1 cm³/mol. The maximum atomic E-state index is 12.8. The second-order valence-electron chi connectivity index (χ2n) is 2.67. The molecule has 1 rings (SSSR count). The molecule has 10 heavy (non-hydrogen) atoms. The lowest BCUT2D eigenvalue weighted by Crippen LogP contribution is -2.91. The van der Waals surface area contributed by atoms with Gasteiger partial charge in [0.2, 0.25) is 0 Å². The molecule has 0 saturated carbocycles. The number of rotatable bonds is 1. The summed E-state index contributed by atoms with van der Waals surface area (Å²) in [6.07, 6.45) is 0.559. The van der Waals surface area contributed by atoms with Crippen molar-refractivity contribution in [2.45, 2.75) is 18.4 Å². The van der Waals surface area contributed by atoms with Crippen LogP contribution in [0.1, 0.15) is 6.42 Å². The van der Waals surface area contributed by atoms with Gasteiger partial charge in [-0.25, -0.2) is 0 Å². The average Bonchev–Trinajstić information content (AvgIpc) is 1.87. The Morgan fingerprint density at radius 1 is 1.60 bits per heavy atom. The number of nitrogens with one attached hydrogen (secondary N) is 1. The molecule has 0 aromatic heterocycles. The van der Waals surface area contributed by atoms with Crippen LogP contribution in [0.2, 0.25) is 0 Å². The molecule has 3 N–H and O–H groups in total. The van der Waals surface area contributed by atoms with Crippen LogP contribution in [0.5, 0.6) is 0 Å². The van der Waals surface area contributed by atoms with Crippen LogP contribution >= 0.6 is 0 Å². The minimum absolute atomic E-state index is 0.0709. The second kappa shape index (κ2) is 2.80. The van der Waals surface area contributed by atoms with Gasteiger partial charge in [-0.3, -0.25) is 0 Å². The number of hydrogen-bond acceptors (Lipinski definition) is 1. The largest absolute Gasteiger partial charge is 0.341 e. The number of quaternary nitrogens is 1. The monoisotopic (exact) mass is 151 g/mol. The van der Waals surface area contributed by atoms with Crippen molar-refractivity contribution < 1.29 is 14.1 Å². The molecule has 0 radical (unpaired) electrons. The third kappa shape index (κ3) is 1.44. The van der Waals surface area contributed by atoms with Crippen molar-refractivity contribution in [2.24, 2.45) is 0 Å². The van der Waals surface area contributed by atoms with E-state index in [4.69, 9.17) is 0 Å². The Bertz CT molecular complexity index is 116. The van der Waals surface area contributed by atoms with Gasteiger partial charge in [0.15, 0.2) is 0 Å². The van der Waals surface area contributed by atoms with E-state index in [-0.39, 0.29) is 6.54 Å². The van der Waals surface area contributed by atoms with Gasteiger partial charge in [-0.05, 0) is 7.05 Å². The molecule has 1 aliphatic rings. The van der Waals surface area contributed by atoms with Crippen LogP contribution in [-0.4, -0.2) is 32.1 Å². The van der Waals surface area contributed by atoms with E-state index in [1.807, 2.05) is 0 Å². The van der Waals surface area contributed by atoms with Crippen molar-refractivity contribution >= 4 is 0 Å². The van der Waals surface area contributed by atoms with Gasteiger partial charge in [0.05, 0.1) is 12.6 Å². The zero-order valence-corrected chi connectivity index (χ0v) is 6.03. The molecule has 0 spiro atoms. The minimum atomic E-state index is -2.52. The highest BCUT2D eigenvalue weighted by Crippen LogP contribution is 2.19. The lowest BCUT2D eigenvalue weighted by atomic mass is 10.0. The van der Waals surface area contributed by atoms with Gasteiger partial charge in [0.25, 0.3) is 0 Å². The van der Waals surface area contributed by atoms with Crippen LogP contribution in [0.4, 0.5) is 8.78 Å². The maximum Gasteiger partial charge on any atom is 0.310 e. The molecule has 60 valence electrons. The standard InChI is InChI=1S/C6H12F2N2/c1-9-5-2-3-10-4-6(5,7)8/h5,9-10H,2-4H2,1H3/p+1. The average molecular weight is 151 g/mol. The van der Waals surface area contributed by atoms with E-state index in [1.54, 1.807) is 12.4 Å². The molecular formula is C6H13F2N2+. The predicted octanol–water partition coefficient (Wildman–Crippen LogP) is -0.823. The highest BCUT2D eigenvalue weighted by Gasteiger charge is 2.43. The quantitative estimate of drug-likeness (QED) is 0.503. The molecule has 0 aromatic rings. The Morgan fingerprint density at radius 3 is 2.70 bits per heavy atom. The molecule has 1 aliphatic heterocycles. The first-order valence-electron chi connectivity index (χ1n) is 3.53. The highest BCUT2D eigenvalue weighted by molar-refractivity contribution is 4.83. The summed E-state index contributed by atoms with van der Waals surface area (Å²) in [7, 11) is 1.59. The zero-order valence-electron chi connectivity index (χ0n) is 6.03. The fraction of sp³-hybridized carbons (Fsp3) is 1.00. The molecule has 4 heteroatoms. The lowest BCUT2D eigenvalue weighted by Gasteiger charge is -2.28. The summed E-state index contributed by atoms with van der Waals surface area (Å²) in [5.74, 6) is -2.52. The van der Waals surface area contributed by atoms with E-state index < -0.39 is 12.0 Å². The fourth-order valence-corrected chi connectivity index (χ4v) is 1.29. The fourth-order valence-electron chi connectivity index (χ4n) is 1.29. The summed E-state index contributed by atoms with van der Waals surface area (Å²) in [6, 6.07) is -0.613. The van der Waals surface area contributed by atoms with Gasteiger partial charge in [-0.15, -0.1) is 0 Å². The molecule has 0 aromatic carbocycles. The van der Waals surface area contributed by atoms with Gasteiger partial charge in [0, 0.05) is 6.42 Å². The highest BCUT2D eigenvalue weighted by atomic mass is 19.3. The first-order chi connectivity index (χ1) is 4.67. The molecule has 1 unspecified atom stereocenters. The van der Waals surface area contributed by atoms with Crippen molar-refractivity contribution in [3.63, 3.8) is 0 Å². The SMILES string of the molecule is CNC1CC[NH2+]CC1(F)F. The molecule has 0 bridgehead atoms. The third-order valence-electron chi connectivity index (χ3n) is 1.93. The van der Waals surface area contributed by atoms with E-state index in [9.17, 15) is 8.78 Å². The van der Waals surface area contributed by atoms with Crippen LogP contribution in [-0.2, 0) is 0 Å². The van der Waals surface area contributed by atoms with E-state index in [1.165, 1.54) is 0 Å². The molecular weight excluding hydrogens is 138 g/mol. The normalized spacial score (nSPS) is 32.1. The number of alkyl halides is 2.